The molecule has 2 N–H and O–H groups in total. The number of anilines is 3. The van der Waals surface area contributed by atoms with Gasteiger partial charge in [0, 0.05) is 28.5 Å². The maximum Gasteiger partial charge on any atom is 0.229 e. The van der Waals surface area contributed by atoms with E-state index >= 15 is 0 Å². The average molecular weight is 369 g/mol. The lowest BCUT2D eigenvalue weighted by atomic mass is 10.2. The molecule has 0 unspecified atom stereocenters. The summed E-state index contributed by atoms with van der Waals surface area (Å²) < 4.78 is 1.01. The summed E-state index contributed by atoms with van der Waals surface area (Å²) in [4.78, 5) is 8.96. The van der Waals surface area contributed by atoms with E-state index in [-0.39, 0.29) is 0 Å². The highest BCUT2D eigenvalue weighted by molar-refractivity contribution is 9.10. The fourth-order valence-corrected chi connectivity index (χ4v) is 2.60. The normalized spacial score (nSPS) is 10.3. The van der Waals surface area contributed by atoms with Gasteiger partial charge in [-0.2, -0.15) is 4.98 Å². The van der Waals surface area contributed by atoms with Crippen molar-refractivity contribution >= 4 is 33.4 Å². The SMILES string of the molecule is Cc1cc(NCc2ccccc2)nc(Nc2cccc(Br)c2)n1. The van der Waals surface area contributed by atoms with Gasteiger partial charge in [-0.15, -0.1) is 0 Å². The lowest BCUT2D eigenvalue weighted by molar-refractivity contribution is 1.06. The van der Waals surface area contributed by atoms with E-state index in [4.69, 9.17) is 0 Å². The maximum absolute atomic E-state index is 4.52. The summed E-state index contributed by atoms with van der Waals surface area (Å²) in [6.07, 6.45) is 0. The molecule has 0 amide bonds. The lowest BCUT2D eigenvalue weighted by Gasteiger charge is -2.10. The van der Waals surface area contributed by atoms with Crippen LogP contribution in [0, 0.1) is 6.92 Å². The van der Waals surface area contributed by atoms with Gasteiger partial charge in [0.15, 0.2) is 0 Å². The van der Waals surface area contributed by atoms with Crippen molar-refractivity contribution in [1.29, 1.82) is 0 Å². The summed E-state index contributed by atoms with van der Waals surface area (Å²) in [6.45, 7) is 2.69. The molecule has 5 heteroatoms. The highest BCUT2D eigenvalue weighted by Gasteiger charge is 2.03. The zero-order chi connectivity index (χ0) is 16.1. The van der Waals surface area contributed by atoms with Crippen molar-refractivity contribution in [1.82, 2.24) is 9.97 Å². The fraction of sp³-hybridized carbons (Fsp3) is 0.111. The van der Waals surface area contributed by atoms with Crippen LogP contribution >= 0.6 is 15.9 Å². The minimum atomic E-state index is 0.582. The largest absolute Gasteiger partial charge is 0.366 e. The molecule has 0 aliphatic rings. The number of hydrogen-bond donors (Lipinski definition) is 2. The predicted molar refractivity (Wildman–Crippen MR) is 98.0 cm³/mol. The van der Waals surface area contributed by atoms with Crippen molar-refractivity contribution in [2.75, 3.05) is 10.6 Å². The van der Waals surface area contributed by atoms with Crippen molar-refractivity contribution in [3.05, 3.63) is 76.4 Å². The first kappa shape index (κ1) is 15.5. The zero-order valence-corrected chi connectivity index (χ0v) is 14.3. The van der Waals surface area contributed by atoms with Crippen LogP contribution in [0.25, 0.3) is 0 Å². The third-order valence-corrected chi connectivity index (χ3v) is 3.74. The lowest BCUT2D eigenvalue weighted by Crippen LogP contribution is -2.05. The van der Waals surface area contributed by atoms with E-state index < -0.39 is 0 Å². The second-order valence-electron chi connectivity index (χ2n) is 5.19. The molecule has 0 saturated heterocycles. The van der Waals surface area contributed by atoms with Gasteiger partial charge in [-0.25, -0.2) is 4.98 Å². The summed E-state index contributed by atoms with van der Waals surface area (Å²) in [5.41, 5.74) is 3.07. The summed E-state index contributed by atoms with van der Waals surface area (Å²) in [5, 5.41) is 6.57. The molecule has 0 saturated carbocycles. The first-order valence-electron chi connectivity index (χ1n) is 7.35. The van der Waals surface area contributed by atoms with Crippen molar-refractivity contribution in [3.63, 3.8) is 0 Å². The van der Waals surface area contributed by atoms with Crippen molar-refractivity contribution in [2.24, 2.45) is 0 Å². The molecule has 3 rings (SSSR count). The number of nitrogens with one attached hydrogen (secondary N) is 2. The monoisotopic (exact) mass is 368 g/mol. The van der Waals surface area contributed by atoms with Crippen molar-refractivity contribution in [3.8, 4) is 0 Å². The molecule has 0 spiro atoms. The van der Waals surface area contributed by atoms with E-state index in [9.17, 15) is 0 Å². The number of nitrogens with zero attached hydrogens (tertiary/aromatic N) is 2. The maximum atomic E-state index is 4.52. The quantitative estimate of drug-likeness (QED) is 0.672. The Labute approximate surface area is 144 Å². The van der Waals surface area contributed by atoms with Crippen LogP contribution < -0.4 is 10.6 Å². The van der Waals surface area contributed by atoms with E-state index in [1.807, 2.05) is 55.5 Å². The second kappa shape index (κ2) is 7.24. The molecule has 0 aliphatic carbocycles. The van der Waals surface area contributed by atoms with Crippen LogP contribution in [0.15, 0.2) is 65.1 Å². The average Bonchev–Trinajstić information content (AvgIpc) is 2.53. The van der Waals surface area contributed by atoms with Gasteiger partial charge < -0.3 is 10.6 Å². The minimum absolute atomic E-state index is 0.582. The van der Waals surface area contributed by atoms with Crippen LogP contribution in [0.1, 0.15) is 11.3 Å². The number of hydrogen-bond acceptors (Lipinski definition) is 4. The molecule has 0 radical (unpaired) electrons. The Morgan fingerprint density at radius 3 is 2.57 bits per heavy atom. The number of aromatic nitrogens is 2. The molecule has 0 atom stereocenters. The molecule has 0 fully saturated rings. The smallest absolute Gasteiger partial charge is 0.229 e. The second-order valence-corrected chi connectivity index (χ2v) is 6.11. The molecule has 2 aromatic carbocycles. The highest BCUT2D eigenvalue weighted by Crippen LogP contribution is 2.20. The van der Waals surface area contributed by atoms with Crippen LogP contribution in [0.4, 0.5) is 17.5 Å². The molecule has 3 aromatic rings. The van der Waals surface area contributed by atoms with Gasteiger partial charge in [0.25, 0.3) is 0 Å². The van der Waals surface area contributed by atoms with Gasteiger partial charge in [-0.1, -0.05) is 52.3 Å². The summed E-state index contributed by atoms with van der Waals surface area (Å²) in [5.74, 6) is 1.39. The van der Waals surface area contributed by atoms with Gasteiger partial charge in [0.1, 0.15) is 5.82 Å². The van der Waals surface area contributed by atoms with E-state index in [0.29, 0.717) is 5.95 Å². The number of benzene rings is 2. The molecule has 1 heterocycles. The summed E-state index contributed by atoms with van der Waals surface area (Å²) >= 11 is 3.46. The fourth-order valence-electron chi connectivity index (χ4n) is 2.20. The summed E-state index contributed by atoms with van der Waals surface area (Å²) in [6, 6.07) is 20.1. The van der Waals surface area contributed by atoms with Crippen LogP contribution in [-0.4, -0.2) is 9.97 Å². The predicted octanol–water partition coefficient (Wildman–Crippen LogP) is 4.90. The van der Waals surface area contributed by atoms with Crippen LogP contribution in [0.5, 0.6) is 0 Å². The van der Waals surface area contributed by atoms with E-state index in [1.54, 1.807) is 0 Å². The Morgan fingerprint density at radius 1 is 0.957 bits per heavy atom. The molecular formula is C18H17BrN4. The van der Waals surface area contributed by atoms with E-state index in [0.717, 1.165) is 28.2 Å². The minimum Gasteiger partial charge on any atom is -0.366 e. The molecule has 4 nitrogen and oxygen atoms in total. The van der Waals surface area contributed by atoms with Gasteiger partial charge in [-0.05, 0) is 30.7 Å². The van der Waals surface area contributed by atoms with E-state index in [2.05, 4.69) is 48.7 Å². The Kier molecular flexibility index (Phi) is 4.88. The first-order chi connectivity index (χ1) is 11.2. The Hall–Kier alpha value is -2.40. The topological polar surface area (TPSA) is 49.8 Å². The Balaban J connectivity index is 1.73. The third-order valence-electron chi connectivity index (χ3n) is 3.25. The molecule has 0 bridgehead atoms. The molecule has 1 aromatic heterocycles. The highest BCUT2D eigenvalue weighted by atomic mass is 79.9. The van der Waals surface area contributed by atoms with Crippen LogP contribution in [-0.2, 0) is 6.54 Å². The summed E-state index contributed by atoms with van der Waals surface area (Å²) in [7, 11) is 0. The van der Waals surface area contributed by atoms with Gasteiger partial charge in [0.05, 0.1) is 0 Å². The van der Waals surface area contributed by atoms with Crippen molar-refractivity contribution in [2.45, 2.75) is 13.5 Å². The van der Waals surface area contributed by atoms with Gasteiger partial charge >= 0.3 is 0 Å². The van der Waals surface area contributed by atoms with E-state index in [1.165, 1.54) is 5.56 Å². The van der Waals surface area contributed by atoms with Crippen molar-refractivity contribution < 1.29 is 0 Å². The standard InChI is InChI=1S/C18H17BrN4/c1-13-10-17(20-12-14-6-3-2-4-7-14)23-18(21-13)22-16-9-5-8-15(19)11-16/h2-11H,12H2,1H3,(H2,20,21,22,23). The molecule has 23 heavy (non-hydrogen) atoms. The number of rotatable bonds is 5. The zero-order valence-electron chi connectivity index (χ0n) is 12.8. The first-order valence-corrected chi connectivity index (χ1v) is 8.14. The van der Waals surface area contributed by atoms with Crippen LogP contribution in [0.3, 0.4) is 0 Å². The molecule has 0 aliphatic heterocycles. The third kappa shape index (κ3) is 4.53. The number of aryl methyl sites for hydroxylation is 1. The number of halogens is 1. The van der Waals surface area contributed by atoms with Gasteiger partial charge in [0.2, 0.25) is 5.95 Å². The Morgan fingerprint density at radius 2 is 1.78 bits per heavy atom. The van der Waals surface area contributed by atoms with Gasteiger partial charge in [-0.3, -0.25) is 0 Å². The molecular weight excluding hydrogens is 352 g/mol. The molecule has 116 valence electrons. The Bertz CT molecular complexity index is 790. The van der Waals surface area contributed by atoms with Crippen LogP contribution in [0.2, 0.25) is 0 Å².